The first kappa shape index (κ1) is 16.8. The molecule has 2 aromatic rings. The van der Waals surface area contributed by atoms with Crippen LogP contribution in [0.1, 0.15) is 32.1 Å². The Balaban J connectivity index is 1.63. The highest BCUT2D eigenvalue weighted by molar-refractivity contribution is 9.11. The molecule has 0 heterocycles. The first-order valence-electron chi connectivity index (χ1n) is 7.93. The first-order valence-corrected chi connectivity index (χ1v) is 9.52. The summed E-state index contributed by atoms with van der Waals surface area (Å²) in [6.45, 7) is 0.0527. The van der Waals surface area contributed by atoms with Crippen LogP contribution in [0, 0.1) is 0 Å². The van der Waals surface area contributed by atoms with Gasteiger partial charge in [0.05, 0.1) is 4.47 Å². The zero-order valence-corrected chi connectivity index (χ0v) is 16.0. The number of rotatable bonds is 4. The second kappa shape index (κ2) is 7.67. The second-order valence-electron chi connectivity index (χ2n) is 5.93. The molecule has 0 aromatic heterocycles. The predicted molar refractivity (Wildman–Crippen MR) is 99.9 cm³/mol. The Hall–Kier alpha value is -1.07. The molecule has 3 nitrogen and oxygen atoms in total. The van der Waals surface area contributed by atoms with Gasteiger partial charge in [-0.2, -0.15) is 0 Å². The number of hydrogen-bond acceptors (Lipinski definition) is 2. The summed E-state index contributed by atoms with van der Waals surface area (Å²) in [4.78, 5) is 12.0. The van der Waals surface area contributed by atoms with Gasteiger partial charge < -0.3 is 10.1 Å². The number of nitrogens with one attached hydrogen (secondary N) is 1. The number of halogens is 2. The standard InChI is InChI=1S/C18H19Br2NO2/c19-13-7-8-15-12(10-13)6-9-16(18(15)20)23-11-17(22)21-14-4-2-1-3-5-14/h6-10,14H,1-5,11H2,(H,21,22). The van der Waals surface area contributed by atoms with E-state index in [4.69, 9.17) is 4.74 Å². The fraction of sp³-hybridized carbons (Fsp3) is 0.389. The molecule has 1 N–H and O–H groups in total. The minimum atomic E-state index is -0.0419. The monoisotopic (exact) mass is 439 g/mol. The molecule has 1 saturated carbocycles. The average molecular weight is 441 g/mol. The van der Waals surface area contributed by atoms with Gasteiger partial charge in [0.1, 0.15) is 5.75 Å². The predicted octanol–water partition coefficient (Wildman–Crippen LogP) is 5.19. The smallest absolute Gasteiger partial charge is 0.258 e. The van der Waals surface area contributed by atoms with Crippen LogP contribution >= 0.6 is 31.9 Å². The van der Waals surface area contributed by atoms with E-state index in [-0.39, 0.29) is 12.5 Å². The summed E-state index contributed by atoms with van der Waals surface area (Å²) in [6.07, 6.45) is 5.86. The van der Waals surface area contributed by atoms with Crippen molar-refractivity contribution in [2.24, 2.45) is 0 Å². The molecule has 2 aromatic carbocycles. The van der Waals surface area contributed by atoms with Gasteiger partial charge >= 0.3 is 0 Å². The molecular formula is C18H19Br2NO2. The summed E-state index contributed by atoms with van der Waals surface area (Å²) < 4.78 is 7.63. The maximum absolute atomic E-state index is 12.0. The number of ether oxygens (including phenoxy) is 1. The van der Waals surface area contributed by atoms with Crippen molar-refractivity contribution in [1.29, 1.82) is 0 Å². The third kappa shape index (κ3) is 4.27. The van der Waals surface area contributed by atoms with Gasteiger partial charge in [-0.15, -0.1) is 0 Å². The van der Waals surface area contributed by atoms with E-state index in [1.807, 2.05) is 24.3 Å². The van der Waals surface area contributed by atoms with Crippen LogP contribution in [-0.2, 0) is 4.79 Å². The molecule has 0 unspecified atom stereocenters. The Bertz CT molecular complexity index is 711. The molecule has 122 valence electrons. The third-order valence-electron chi connectivity index (χ3n) is 4.21. The van der Waals surface area contributed by atoms with E-state index in [1.54, 1.807) is 0 Å². The average Bonchev–Trinajstić information content (AvgIpc) is 2.55. The lowest BCUT2D eigenvalue weighted by Crippen LogP contribution is -2.39. The van der Waals surface area contributed by atoms with Crippen molar-refractivity contribution < 1.29 is 9.53 Å². The van der Waals surface area contributed by atoms with Crippen LogP contribution in [0.4, 0.5) is 0 Å². The van der Waals surface area contributed by atoms with Gasteiger partial charge in [-0.25, -0.2) is 0 Å². The number of carbonyl (C=O) groups is 1. The zero-order valence-electron chi connectivity index (χ0n) is 12.8. The normalized spacial score (nSPS) is 15.6. The molecule has 1 amide bonds. The van der Waals surface area contributed by atoms with Gasteiger partial charge in [0.25, 0.3) is 5.91 Å². The highest BCUT2D eigenvalue weighted by atomic mass is 79.9. The summed E-state index contributed by atoms with van der Waals surface area (Å²) in [5.41, 5.74) is 0. The second-order valence-corrected chi connectivity index (χ2v) is 7.64. The van der Waals surface area contributed by atoms with Crippen molar-refractivity contribution in [2.45, 2.75) is 38.1 Å². The molecular weight excluding hydrogens is 422 g/mol. The fourth-order valence-corrected chi connectivity index (χ4v) is 4.00. The van der Waals surface area contributed by atoms with Gasteiger partial charge in [0.15, 0.2) is 6.61 Å². The molecule has 0 bridgehead atoms. The van der Waals surface area contributed by atoms with Crippen LogP contribution in [0.15, 0.2) is 39.3 Å². The summed E-state index contributed by atoms with van der Waals surface area (Å²) in [5.74, 6) is 0.651. The highest BCUT2D eigenvalue weighted by Crippen LogP contribution is 2.34. The van der Waals surface area contributed by atoms with Gasteiger partial charge in [-0.1, -0.05) is 47.3 Å². The highest BCUT2D eigenvalue weighted by Gasteiger charge is 2.16. The summed E-state index contributed by atoms with van der Waals surface area (Å²) in [7, 11) is 0. The molecule has 0 atom stereocenters. The first-order chi connectivity index (χ1) is 11.1. The molecule has 0 aliphatic heterocycles. The van der Waals surface area contributed by atoms with E-state index in [9.17, 15) is 4.79 Å². The van der Waals surface area contributed by atoms with Crippen LogP contribution in [0.25, 0.3) is 10.8 Å². The van der Waals surface area contributed by atoms with Gasteiger partial charge in [0, 0.05) is 10.5 Å². The SMILES string of the molecule is O=C(COc1ccc2cc(Br)ccc2c1Br)NC1CCCCC1. The minimum absolute atomic E-state index is 0.0419. The van der Waals surface area contributed by atoms with Gasteiger partial charge in [0.2, 0.25) is 0 Å². The Morgan fingerprint density at radius 2 is 1.91 bits per heavy atom. The maximum atomic E-state index is 12.0. The van der Waals surface area contributed by atoms with E-state index in [2.05, 4.69) is 43.2 Å². The molecule has 1 aliphatic carbocycles. The van der Waals surface area contributed by atoms with E-state index in [1.165, 1.54) is 19.3 Å². The molecule has 0 spiro atoms. The van der Waals surface area contributed by atoms with Gasteiger partial charge in [-0.05, 0) is 57.7 Å². The van der Waals surface area contributed by atoms with Crippen molar-refractivity contribution in [2.75, 3.05) is 6.61 Å². The van der Waals surface area contributed by atoms with Crippen LogP contribution in [0.2, 0.25) is 0 Å². The number of hydrogen-bond donors (Lipinski definition) is 1. The van der Waals surface area contributed by atoms with Crippen molar-refractivity contribution in [3.05, 3.63) is 39.3 Å². The Kier molecular flexibility index (Phi) is 5.59. The van der Waals surface area contributed by atoms with Crippen LogP contribution in [0.5, 0.6) is 5.75 Å². The largest absolute Gasteiger partial charge is 0.483 e. The fourth-order valence-electron chi connectivity index (χ4n) is 3.01. The molecule has 3 rings (SSSR count). The zero-order chi connectivity index (χ0) is 16.2. The van der Waals surface area contributed by atoms with E-state index in [0.717, 1.165) is 32.6 Å². The van der Waals surface area contributed by atoms with E-state index >= 15 is 0 Å². The maximum Gasteiger partial charge on any atom is 0.258 e. The van der Waals surface area contributed by atoms with Crippen LogP contribution in [0.3, 0.4) is 0 Å². The van der Waals surface area contributed by atoms with E-state index < -0.39 is 0 Å². The van der Waals surface area contributed by atoms with Crippen LogP contribution < -0.4 is 10.1 Å². The number of fused-ring (bicyclic) bond motifs is 1. The van der Waals surface area contributed by atoms with Crippen molar-refractivity contribution >= 4 is 48.5 Å². The quantitative estimate of drug-likeness (QED) is 0.710. The summed E-state index contributed by atoms with van der Waals surface area (Å²) >= 11 is 7.06. The number of carbonyl (C=O) groups excluding carboxylic acids is 1. The Morgan fingerprint density at radius 1 is 1.13 bits per heavy atom. The molecule has 0 radical (unpaired) electrons. The number of amides is 1. The molecule has 1 fully saturated rings. The van der Waals surface area contributed by atoms with Gasteiger partial charge in [-0.3, -0.25) is 4.79 Å². The van der Waals surface area contributed by atoms with Crippen molar-refractivity contribution in [3.8, 4) is 5.75 Å². The van der Waals surface area contributed by atoms with Crippen molar-refractivity contribution in [3.63, 3.8) is 0 Å². The Labute approximate surface area is 153 Å². The Morgan fingerprint density at radius 3 is 2.70 bits per heavy atom. The van der Waals surface area contributed by atoms with E-state index in [0.29, 0.717) is 11.8 Å². The lowest BCUT2D eigenvalue weighted by molar-refractivity contribution is -0.124. The summed E-state index contributed by atoms with van der Waals surface area (Å²) in [6, 6.07) is 10.3. The molecule has 5 heteroatoms. The van der Waals surface area contributed by atoms with Crippen LogP contribution in [-0.4, -0.2) is 18.6 Å². The van der Waals surface area contributed by atoms with Crippen molar-refractivity contribution in [1.82, 2.24) is 5.32 Å². The number of benzene rings is 2. The molecule has 1 aliphatic rings. The lowest BCUT2D eigenvalue weighted by atomic mass is 9.95. The topological polar surface area (TPSA) is 38.3 Å². The summed E-state index contributed by atoms with van der Waals surface area (Å²) in [5, 5.41) is 5.25. The molecule has 0 saturated heterocycles. The third-order valence-corrected chi connectivity index (χ3v) is 5.52. The minimum Gasteiger partial charge on any atom is -0.483 e. The lowest BCUT2D eigenvalue weighted by Gasteiger charge is -2.22. The molecule has 23 heavy (non-hydrogen) atoms.